The van der Waals surface area contributed by atoms with Crippen molar-refractivity contribution in [2.45, 2.75) is 0 Å². The number of hydrogen-bond donors (Lipinski definition) is 0. The highest BCUT2D eigenvalue weighted by atomic mass is 35.5. The smallest absolute Gasteiger partial charge is 0.219 e. The third-order valence-electron chi connectivity index (χ3n) is 0.880. The highest BCUT2D eigenvalue weighted by Gasteiger charge is 2.05. The average Bonchev–Trinajstić information content (AvgIpc) is 1.96. The van der Waals surface area contributed by atoms with Crippen LogP contribution in [0.1, 0.15) is 0 Å². The molecule has 0 aromatic rings. The zero-order valence-corrected chi connectivity index (χ0v) is 6.32. The van der Waals surface area contributed by atoms with Crippen molar-refractivity contribution in [3.8, 4) is 0 Å². The van der Waals surface area contributed by atoms with Crippen LogP contribution in [0.3, 0.4) is 0 Å². The molecule has 0 unspecified atom stereocenters. The predicted molar refractivity (Wildman–Crippen MR) is 40.6 cm³/mol. The van der Waals surface area contributed by atoms with E-state index in [1.807, 2.05) is 0 Å². The lowest BCUT2D eigenvalue weighted by atomic mass is 10.5. The molecule has 0 fully saturated rings. The zero-order chi connectivity index (χ0) is 7.56. The second-order valence-electron chi connectivity index (χ2n) is 1.56. The summed E-state index contributed by atoms with van der Waals surface area (Å²) >= 11 is 10.7. The van der Waals surface area contributed by atoms with Gasteiger partial charge in [-0.2, -0.15) is 0 Å². The Kier molecular flexibility index (Phi) is 2.40. The predicted octanol–water partition coefficient (Wildman–Crippen LogP) is 2.09. The summed E-state index contributed by atoms with van der Waals surface area (Å²) in [6, 6.07) is 0. The second-order valence-corrected chi connectivity index (χ2v) is 2.26. The van der Waals surface area contributed by atoms with E-state index in [1.54, 1.807) is 0 Å². The van der Waals surface area contributed by atoms with Crippen molar-refractivity contribution >= 4 is 33.7 Å². The summed E-state index contributed by atoms with van der Waals surface area (Å²) in [4.78, 5) is 7.03. The summed E-state index contributed by atoms with van der Waals surface area (Å²) in [6.07, 6.45) is 1.21. The van der Waals surface area contributed by atoms with Gasteiger partial charge in [0.25, 0.3) is 0 Å². The average molecular weight is 181 g/mol. The summed E-state index contributed by atoms with van der Waals surface area (Å²) < 4.78 is 12.5. The molecule has 0 aromatic heterocycles. The van der Waals surface area contributed by atoms with Crippen LogP contribution in [-0.2, 0) is 0 Å². The summed E-state index contributed by atoms with van der Waals surface area (Å²) in [5.41, 5.74) is 0. The Morgan fingerprint density at radius 3 is 2.90 bits per heavy atom. The van der Waals surface area contributed by atoms with Gasteiger partial charge in [-0.3, -0.25) is 4.99 Å². The maximum absolute atomic E-state index is 12.5. The molecule has 0 amide bonds. The molecule has 1 heterocycles. The number of allylic oxidation sites excluding steroid dienone is 1. The van der Waals surface area contributed by atoms with Gasteiger partial charge in [-0.05, 0) is 17.7 Å². The van der Waals surface area contributed by atoms with Crippen molar-refractivity contribution in [3.63, 3.8) is 0 Å². The SMILES string of the molecule is FC1=CCN=C(Cl)N=C1Cl. The maximum atomic E-state index is 12.5. The minimum atomic E-state index is -0.582. The first-order valence-electron chi connectivity index (χ1n) is 2.50. The lowest BCUT2D eigenvalue weighted by Gasteiger charge is -1.86. The van der Waals surface area contributed by atoms with Crippen molar-refractivity contribution in [2.75, 3.05) is 6.54 Å². The van der Waals surface area contributed by atoms with Crippen LogP contribution in [0.25, 0.3) is 0 Å². The minimum Gasteiger partial charge on any atom is -0.252 e. The zero-order valence-electron chi connectivity index (χ0n) is 4.81. The lowest BCUT2D eigenvalue weighted by molar-refractivity contribution is 0.681. The molecule has 0 aliphatic carbocycles. The molecule has 0 N–H and O–H groups in total. The number of hydrogen-bond acceptors (Lipinski definition) is 2. The normalized spacial score (nSPS) is 18.9. The number of amidine groups is 1. The van der Waals surface area contributed by atoms with Crippen LogP contribution in [0.5, 0.6) is 0 Å². The summed E-state index contributed by atoms with van der Waals surface area (Å²) in [5, 5.41) is -0.264. The third-order valence-corrected chi connectivity index (χ3v) is 1.35. The molecular weight excluding hydrogens is 178 g/mol. The summed E-state index contributed by atoms with van der Waals surface area (Å²) in [7, 11) is 0. The molecule has 0 bridgehead atoms. The first-order chi connectivity index (χ1) is 4.70. The van der Waals surface area contributed by atoms with Gasteiger partial charge in [0.15, 0.2) is 11.0 Å². The van der Waals surface area contributed by atoms with Gasteiger partial charge >= 0.3 is 0 Å². The molecule has 0 spiro atoms. The third kappa shape index (κ3) is 1.78. The quantitative estimate of drug-likeness (QED) is 0.511. The molecule has 1 rings (SSSR count). The molecule has 10 heavy (non-hydrogen) atoms. The van der Waals surface area contributed by atoms with E-state index in [2.05, 4.69) is 9.98 Å². The summed E-state index contributed by atoms with van der Waals surface area (Å²) in [6.45, 7) is 0.185. The van der Waals surface area contributed by atoms with Gasteiger partial charge in [0.2, 0.25) is 5.29 Å². The molecule has 1 aliphatic rings. The fraction of sp³-hybridized carbons (Fsp3) is 0.200. The molecule has 0 atom stereocenters. The van der Waals surface area contributed by atoms with Crippen LogP contribution < -0.4 is 0 Å². The van der Waals surface area contributed by atoms with Crippen LogP contribution >= 0.6 is 23.2 Å². The molecule has 1 aliphatic heterocycles. The fourth-order valence-corrected chi connectivity index (χ4v) is 0.809. The van der Waals surface area contributed by atoms with Gasteiger partial charge in [-0.25, -0.2) is 9.38 Å². The van der Waals surface area contributed by atoms with E-state index in [9.17, 15) is 4.39 Å². The van der Waals surface area contributed by atoms with E-state index in [0.717, 1.165) is 0 Å². The van der Waals surface area contributed by atoms with Crippen molar-refractivity contribution in [2.24, 2.45) is 9.98 Å². The van der Waals surface area contributed by atoms with Gasteiger partial charge in [0.05, 0.1) is 6.54 Å². The Labute approximate surface area is 67.1 Å². The number of rotatable bonds is 0. The Balaban J connectivity index is 2.92. The lowest BCUT2D eigenvalue weighted by Crippen LogP contribution is -1.88. The molecule has 2 nitrogen and oxygen atoms in total. The van der Waals surface area contributed by atoms with Crippen LogP contribution in [0.15, 0.2) is 21.9 Å². The van der Waals surface area contributed by atoms with Crippen LogP contribution in [0, 0.1) is 0 Å². The van der Waals surface area contributed by atoms with E-state index in [1.165, 1.54) is 6.08 Å². The number of nitrogens with zero attached hydrogens (tertiary/aromatic N) is 2. The molecular formula is C5H3Cl2FN2. The van der Waals surface area contributed by atoms with Gasteiger partial charge in [-0.15, -0.1) is 0 Å². The van der Waals surface area contributed by atoms with Crippen molar-refractivity contribution in [3.05, 3.63) is 11.9 Å². The van der Waals surface area contributed by atoms with E-state index >= 15 is 0 Å². The molecule has 0 saturated heterocycles. The number of aliphatic imine (C=N–C) groups is 2. The van der Waals surface area contributed by atoms with E-state index < -0.39 is 5.83 Å². The first kappa shape index (κ1) is 7.69. The molecule has 0 saturated carbocycles. The van der Waals surface area contributed by atoms with Gasteiger partial charge in [0.1, 0.15) is 0 Å². The standard InChI is InChI=1S/C5H3Cl2FN2/c6-4-3(8)1-2-9-5(7)10-4/h1H,2H2. The largest absolute Gasteiger partial charge is 0.252 e. The molecule has 54 valence electrons. The Morgan fingerprint density at radius 2 is 2.20 bits per heavy atom. The van der Waals surface area contributed by atoms with Gasteiger partial charge < -0.3 is 0 Å². The molecule has 5 heteroatoms. The topological polar surface area (TPSA) is 24.7 Å². The monoisotopic (exact) mass is 180 g/mol. The summed E-state index contributed by atoms with van der Waals surface area (Å²) in [5.74, 6) is -0.582. The first-order valence-corrected chi connectivity index (χ1v) is 3.26. The molecule has 0 aromatic carbocycles. The van der Waals surface area contributed by atoms with Crippen molar-refractivity contribution in [1.82, 2.24) is 0 Å². The highest BCUT2D eigenvalue weighted by Crippen LogP contribution is 2.09. The van der Waals surface area contributed by atoms with Crippen LogP contribution in [0.4, 0.5) is 4.39 Å². The van der Waals surface area contributed by atoms with E-state index in [0.29, 0.717) is 0 Å². The highest BCUT2D eigenvalue weighted by molar-refractivity contribution is 6.74. The Morgan fingerprint density at radius 1 is 1.50 bits per heavy atom. The number of halogens is 3. The Hall–Kier alpha value is -0.410. The van der Waals surface area contributed by atoms with E-state index in [-0.39, 0.29) is 17.0 Å². The van der Waals surface area contributed by atoms with Crippen molar-refractivity contribution < 1.29 is 4.39 Å². The van der Waals surface area contributed by atoms with Gasteiger partial charge in [-0.1, -0.05) is 11.6 Å². The Bertz CT molecular complexity index is 232. The maximum Gasteiger partial charge on any atom is 0.219 e. The van der Waals surface area contributed by atoms with E-state index in [4.69, 9.17) is 23.2 Å². The fourth-order valence-electron chi connectivity index (χ4n) is 0.455. The second kappa shape index (κ2) is 3.12. The van der Waals surface area contributed by atoms with Crippen LogP contribution in [-0.4, -0.2) is 17.0 Å². The molecule has 0 radical (unpaired) electrons. The minimum absolute atomic E-state index is 0.0195. The van der Waals surface area contributed by atoms with Gasteiger partial charge in [0, 0.05) is 0 Å². The van der Waals surface area contributed by atoms with Crippen molar-refractivity contribution in [1.29, 1.82) is 0 Å². The van der Waals surface area contributed by atoms with Crippen LogP contribution in [0.2, 0.25) is 0 Å².